The Bertz CT molecular complexity index is 1230. The molecular weight excluding hydrogens is 641 g/mol. The number of hydrogen-bond acceptors (Lipinski definition) is 4. The first-order valence-corrected chi connectivity index (χ1v) is 22.4. The molecule has 0 aromatic heterocycles. The summed E-state index contributed by atoms with van der Waals surface area (Å²) >= 11 is 0. The highest BCUT2D eigenvalue weighted by Crippen LogP contribution is 2.76. The highest BCUT2D eigenvalue weighted by molar-refractivity contribution is 5.69. The average molecular weight is 723 g/mol. The van der Waals surface area contributed by atoms with Crippen molar-refractivity contribution in [1.29, 1.82) is 0 Å². The van der Waals surface area contributed by atoms with E-state index in [0.717, 1.165) is 57.8 Å². The summed E-state index contributed by atoms with van der Waals surface area (Å²) in [5, 5.41) is 12.3. The van der Waals surface area contributed by atoms with Crippen LogP contribution in [0.5, 0.6) is 0 Å². The van der Waals surface area contributed by atoms with Gasteiger partial charge in [-0.2, -0.15) is 0 Å². The van der Waals surface area contributed by atoms with Crippen LogP contribution in [0.3, 0.4) is 0 Å². The maximum absolute atomic E-state index is 13.2. The minimum Gasteiger partial charge on any atom is -0.462 e. The topological polar surface area (TPSA) is 55.8 Å². The molecule has 1 saturated heterocycles. The predicted octanol–water partition coefficient (Wildman–Crippen LogP) is 13.1. The van der Waals surface area contributed by atoms with Gasteiger partial charge in [0.15, 0.2) is 0 Å². The summed E-state index contributed by atoms with van der Waals surface area (Å²) in [5.41, 5.74) is 0.133. The maximum Gasteiger partial charge on any atom is 0.306 e. The summed E-state index contributed by atoms with van der Waals surface area (Å²) in [6.45, 7) is 21.7. The molecule has 5 rings (SSSR count). The largest absolute Gasteiger partial charge is 0.462 e. The third kappa shape index (κ3) is 8.49. The van der Waals surface area contributed by atoms with Crippen molar-refractivity contribution < 1.29 is 19.4 Å². The van der Waals surface area contributed by atoms with E-state index >= 15 is 0 Å². The van der Waals surface area contributed by atoms with E-state index in [-0.39, 0.29) is 51.0 Å². The molecule has 4 saturated carbocycles. The van der Waals surface area contributed by atoms with Crippen molar-refractivity contribution in [1.82, 2.24) is 0 Å². The van der Waals surface area contributed by atoms with Crippen LogP contribution in [0.2, 0.25) is 0 Å². The lowest BCUT2D eigenvalue weighted by Crippen LogP contribution is -2.67. The molecule has 5 aliphatic rings. The van der Waals surface area contributed by atoms with Gasteiger partial charge in [-0.25, -0.2) is 0 Å². The highest BCUT2D eigenvalue weighted by atomic mass is 16.5. The molecule has 0 radical (unpaired) electrons. The van der Waals surface area contributed by atoms with Gasteiger partial charge in [0, 0.05) is 11.8 Å². The average Bonchev–Trinajstić information content (AvgIpc) is 3.45. The molecule has 298 valence electrons. The standard InChI is InChI=1S/C48H82O4/c1-10-11-12-13-14-15-16-17-18-19-20-21-22-23-24-26-41(50)51-40-29-32-45(6)38(44(40,4)5)28-34-46(7)39(45)35-37(49)42-36(27-33-47(42,46)8)48(9)31-25-30-43(2,3)52-48/h14-15,17-18,36-40,42,49H,10-13,16,19-35H2,1-9H3/b15-14+,18-17+/t36-,37+,38-,39+,40-,42-,45-,46+,47+,48+/m0/s1. The van der Waals surface area contributed by atoms with Crippen LogP contribution in [-0.4, -0.2) is 34.5 Å². The molecule has 0 aromatic carbocycles. The van der Waals surface area contributed by atoms with Crippen molar-refractivity contribution in [2.45, 2.75) is 227 Å². The number of fused-ring (bicyclic) bond motifs is 5. The fourth-order valence-corrected chi connectivity index (χ4v) is 13.8. The first kappa shape index (κ1) is 42.0. The fraction of sp³-hybridized carbons (Fsp3) is 0.896. The van der Waals surface area contributed by atoms with Crippen LogP contribution in [0.15, 0.2) is 24.3 Å². The van der Waals surface area contributed by atoms with Crippen molar-refractivity contribution in [3.63, 3.8) is 0 Å². The molecule has 1 heterocycles. The molecule has 0 bridgehead atoms. The number of aliphatic hydroxyl groups excluding tert-OH is 1. The number of aliphatic hydroxyl groups is 1. The Morgan fingerprint density at radius 3 is 2.08 bits per heavy atom. The molecule has 4 heteroatoms. The molecule has 0 amide bonds. The van der Waals surface area contributed by atoms with Gasteiger partial charge in [-0.15, -0.1) is 0 Å². The number of ether oxygens (including phenoxy) is 2. The van der Waals surface area contributed by atoms with Crippen LogP contribution in [0.25, 0.3) is 0 Å². The number of unbranched alkanes of at least 4 members (excludes halogenated alkanes) is 8. The summed E-state index contributed by atoms with van der Waals surface area (Å²) in [7, 11) is 0. The van der Waals surface area contributed by atoms with Crippen LogP contribution < -0.4 is 0 Å². The molecular formula is C48H82O4. The van der Waals surface area contributed by atoms with E-state index in [1.165, 1.54) is 77.0 Å². The second-order valence-electron chi connectivity index (χ2n) is 20.8. The van der Waals surface area contributed by atoms with Crippen LogP contribution >= 0.6 is 0 Å². The van der Waals surface area contributed by atoms with E-state index in [9.17, 15) is 9.90 Å². The van der Waals surface area contributed by atoms with E-state index in [2.05, 4.69) is 86.6 Å². The van der Waals surface area contributed by atoms with E-state index in [1.807, 2.05) is 0 Å². The Kier molecular flexibility index (Phi) is 13.7. The molecule has 10 atom stereocenters. The van der Waals surface area contributed by atoms with Crippen molar-refractivity contribution in [2.24, 2.45) is 45.3 Å². The molecule has 0 unspecified atom stereocenters. The molecule has 4 nitrogen and oxygen atoms in total. The number of esters is 1. The number of rotatable bonds is 16. The van der Waals surface area contributed by atoms with Gasteiger partial charge in [0.25, 0.3) is 0 Å². The molecule has 52 heavy (non-hydrogen) atoms. The van der Waals surface area contributed by atoms with Crippen molar-refractivity contribution in [3.05, 3.63) is 24.3 Å². The van der Waals surface area contributed by atoms with Crippen LogP contribution in [0.4, 0.5) is 0 Å². The Hall–Kier alpha value is -1.13. The van der Waals surface area contributed by atoms with Crippen molar-refractivity contribution >= 4 is 5.97 Å². The Balaban J connectivity index is 1.10. The van der Waals surface area contributed by atoms with Gasteiger partial charge in [0.2, 0.25) is 0 Å². The zero-order chi connectivity index (χ0) is 37.8. The Labute approximate surface area is 321 Å². The molecule has 0 aromatic rings. The summed E-state index contributed by atoms with van der Waals surface area (Å²) in [6.07, 6.45) is 33.8. The third-order valence-corrected chi connectivity index (χ3v) is 16.7. The third-order valence-electron chi connectivity index (χ3n) is 16.7. The molecule has 4 aliphatic carbocycles. The zero-order valence-electron chi connectivity index (χ0n) is 35.5. The first-order valence-electron chi connectivity index (χ1n) is 22.4. The number of carbonyl (C=O) groups excluding carboxylic acids is 1. The zero-order valence-corrected chi connectivity index (χ0v) is 35.5. The smallest absolute Gasteiger partial charge is 0.306 e. The highest BCUT2D eigenvalue weighted by Gasteiger charge is 2.72. The summed E-state index contributed by atoms with van der Waals surface area (Å²) in [6, 6.07) is 0. The van der Waals surface area contributed by atoms with E-state index in [4.69, 9.17) is 9.47 Å². The second-order valence-corrected chi connectivity index (χ2v) is 20.8. The predicted molar refractivity (Wildman–Crippen MR) is 217 cm³/mol. The van der Waals surface area contributed by atoms with Crippen molar-refractivity contribution in [3.8, 4) is 0 Å². The maximum atomic E-state index is 13.2. The summed E-state index contributed by atoms with van der Waals surface area (Å²) in [4.78, 5) is 13.2. The molecule has 1 aliphatic heterocycles. The van der Waals surface area contributed by atoms with E-state index in [0.29, 0.717) is 30.1 Å². The summed E-state index contributed by atoms with van der Waals surface area (Å²) < 4.78 is 13.3. The fourth-order valence-electron chi connectivity index (χ4n) is 13.8. The summed E-state index contributed by atoms with van der Waals surface area (Å²) in [5.74, 6) is 1.70. The minimum absolute atomic E-state index is 0.00931. The van der Waals surface area contributed by atoms with Crippen LogP contribution in [-0.2, 0) is 14.3 Å². The molecule has 0 spiro atoms. The van der Waals surface area contributed by atoms with Crippen molar-refractivity contribution in [2.75, 3.05) is 0 Å². The van der Waals surface area contributed by atoms with Gasteiger partial charge in [0.05, 0.1) is 17.3 Å². The lowest BCUT2D eigenvalue weighted by Gasteiger charge is -2.70. The van der Waals surface area contributed by atoms with E-state index < -0.39 is 0 Å². The minimum atomic E-state index is -0.279. The quantitative estimate of drug-likeness (QED) is 0.0979. The molecule has 5 fully saturated rings. The second kappa shape index (κ2) is 16.9. The van der Waals surface area contributed by atoms with Gasteiger partial charge in [-0.1, -0.05) is 98.0 Å². The van der Waals surface area contributed by atoms with Crippen LogP contribution in [0, 0.1) is 45.3 Å². The number of carbonyl (C=O) groups is 1. The Morgan fingerprint density at radius 2 is 1.38 bits per heavy atom. The normalized spacial score (nSPS) is 41.1. The molecule has 1 N–H and O–H groups in total. The number of allylic oxidation sites excluding steroid dienone is 4. The van der Waals surface area contributed by atoms with Gasteiger partial charge in [0.1, 0.15) is 6.10 Å². The van der Waals surface area contributed by atoms with Gasteiger partial charge >= 0.3 is 5.97 Å². The monoisotopic (exact) mass is 723 g/mol. The van der Waals surface area contributed by atoms with Crippen LogP contribution in [0.1, 0.15) is 204 Å². The lowest BCUT2D eigenvalue weighted by molar-refractivity contribution is -0.259. The SMILES string of the molecule is CCCCC/C=C/C/C=C/CCCCCCCC(=O)O[C@H]1CC[C@]2(C)[C@H]3C[C@@H](O)[C@@H]4[C@@H]([C@@]5(C)CCCC(C)(C)O5)CC[C@@]4(C)[C@]3(C)CC[C@H]2C1(C)C. The van der Waals surface area contributed by atoms with Gasteiger partial charge in [-0.05, 0) is 163 Å². The van der Waals surface area contributed by atoms with Gasteiger partial charge < -0.3 is 14.6 Å². The Morgan fingerprint density at radius 1 is 0.731 bits per heavy atom. The van der Waals surface area contributed by atoms with E-state index in [1.54, 1.807) is 0 Å². The first-order chi connectivity index (χ1) is 24.5. The lowest BCUT2D eigenvalue weighted by atomic mass is 9.35. The van der Waals surface area contributed by atoms with Gasteiger partial charge in [-0.3, -0.25) is 4.79 Å². The number of hydrogen-bond donors (Lipinski definition) is 1.